The molecule has 2 heterocycles. The van der Waals surface area contributed by atoms with Crippen molar-refractivity contribution in [2.24, 2.45) is 0 Å². The summed E-state index contributed by atoms with van der Waals surface area (Å²) in [5.41, 5.74) is 1.82. The van der Waals surface area contributed by atoms with Crippen LogP contribution in [-0.4, -0.2) is 26.8 Å². The number of nitrogens with zero attached hydrogens (tertiary/aromatic N) is 2. The molecule has 0 spiro atoms. The summed E-state index contributed by atoms with van der Waals surface area (Å²) >= 11 is 0. The third kappa shape index (κ3) is 1.93. The van der Waals surface area contributed by atoms with Crippen molar-refractivity contribution >= 4 is 5.65 Å². The largest absolute Gasteiger partial charge is 0.508 e. The van der Waals surface area contributed by atoms with Crippen LogP contribution in [0.5, 0.6) is 11.5 Å². The van der Waals surface area contributed by atoms with E-state index < -0.39 is 0 Å². The Morgan fingerprint density at radius 2 is 2.16 bits per heavy atom. The molecule has 1 aromatic carbocycles. The van der Waals surface area contributed by atoms with Gasteiger partial charge < -0.3 is 9.84 Å². The van der Waals surface area contributed by atoms with Crippen LogP contribution in [0.15, 0.2) is 41.3 Å². The van der Waals surface area contributed by atoms with Crippen molar-refractivity contribution in [2.75, 3.05) is 7.11 Å². The predicted molar refractivity (Wildman–Crippen MR) is 69.5 cm³/mol. The van der Waals surface area contributed by atoms with Crippen LogP contribution in [0.3, 0.4) is 0 Å². The fourth-order valence-electron chi connectivity index (χ4n) is 1.93. The normalized spacial score (nSPS) is 10.8. The zero-order valence-electron chi connectivity index (χ0n) is 10.1. The summed E-state index contributed by atoms with van der Waals surface area (Å²) in [6.45, 7) is 0. The fourth-order valence-corrected chi connectivity index (χ4v) is 1.93. The first-order valence-corrected chi connectivity index (χ1v) is 5.63. The van der Waals surface area contributed by atoms with Gasteiger partial charge in [-0.05, 0) is 18.2 Å². The maximum Gasteiger partial charge on any atom is 0.262 e. The van der Waals surface area contributed by atoms with Crippen molar-refractivity contribution in [3.8, 4) is 22.8 Å². The molecule has 0 aliphatic heterocycles. The van der Waals surface area contributed by atoms with E-state index in [1.165, 1.54) is 19.2 Å². The Hall–Kier alpha value is -2.76. The maximum absolute atomic E-state index is 11.2. The number of fused-ring (bicyclic) bond motifs is 1. The van der Waals surface area contributed by atoms with Gasteiger partial charge in [0, 0.05) is 17.7 Å². The molecule has 0 unspecified atom stereocenters. The zero-order chi connectivity index (χ0) is 13.4. The van der Waals surface area contributed by atoms with E-state index in [2.05, 4.69) is 10.1 Å². The monoisotopic (exact) mass is 257 g/mol. The van der Waals surface area contributed by atoms with Crippen LogP contribution in [0.2, 0.25) is 0 Å². The van der Waals surface area contributed by atoms with Gasteiger partial charge in [0.2, 0.25) is 0 Å². The first kappa shape index (κ1) is 11.3. The Kier molecular flexibility index (Phi) is 2.49. The second kappa shape index (κ2) is 4.16. The Balaban J connectivity index is 2.21. The van der Waals surface area contributed by atoms with E-state index in [0.717, 1.165) is 5.56 Å². The molecule has 6 nitrogen and oxygen atoms in total. The number of rotatable bonds is 2. The average molecular weight is 257 g/mol. The molecule has 0 amide bonds. The van der Waals surface area contributed by atoms with Gasteiger partial charge in [-0.2, -0.15) is 0 Å². The first-order chi connectivity index (χ1) is 9.17. The van der Waals surface area contributed by atoms with E-state index in [1.807, 2.05) is 0 Å². The number of aromatic nitrogens is 3. The lowest BCUT2D eigenvalue weighted by Crippen LogP contribution is -2.07. The Bertz CT molecular complexity index is 804. The number of phenols is 1. The fraction of sp³-hybridized carbons (Fsp3) is 0.0769. The standard InChI is InChI=1S/C13H11N3O3/c1-19-11-6-8(17)2-3-9(11)10-7-16-12(14-10)4-5-13(18)15-16/h2-7,17H,1H3,(H,15,18). The Morgan fingerprint density at radius 1 is 1.32 bits per heavy atom. The number of benzene rings is 1. The Labute approximate surface area is 107 Å². The highest BCUT2D eigenvalue weighted by molar-refractivity contribution is 5.70. The topological polar surface area (TPSA) is 79.6 Å². The number of hydrogen-bond donors (Lipinski definition) is 2. The number of aromatic hydroxyl groups is 1. The van der Waals surface area contributed by atoms with E-state index in [4.69, 9.17) is 4.74 Å². The third-order valence-corrected chi connectivity index (χ3v) is 2.81. The number of phenolic OH excluding ortho intramolecular Hbond substituents is 1. The molecule has 2 aromatic heterocycles. The molecule has 0 saturated heterocycles. The molecule has 0 aliphatic carbocycles. The first-order valence-electron chi connectivity index (χ1n) is 5.63. The number of H-pyrrole nitrogens is 1. The lowest BCUT2D eigenvalue weighted by Gasteiger charge is -2.05. The van der Waals surface area contributed by atoms with Crippen LogP contribution >= 0.6 is 0 Å². The molecule has 0 bridgehead atoms. The van der Waals surface area contributed by atoms with Crippen LogP contribution in [-0.2, 0) is 0 Å². The number of nitrogens with one attached hydrogen (secondary N) is 1. The molecular formula is C13H11N3O3. The van der Waals surface area contributed by atoms with Gasteiger partial charge >= 0.3 is 0 Å². The summed E-state index contributed by atoms with van der Waals surface area (Å²) in [4.78, 5) is 15.6. The number of methoxy groups -OCH3 is 1. The van der Waals surface area contributed by atoms with Gasteiger partial charge in [0.25, 0.3) is 5.56 Å². The lowest BCUT2D eigenvalue weighted by atomic mass is 10.1. The zero-order valence-corrected chi connectivity index (χ0v) is 10.1. The molecule has 19 heavy (non-hydrogen) atoms. The van der Waals surface area contributed by atoms with E-state index in [1.54, 1.807) is 28.9 Å². The molecule has 2 N–H and O–H groups in total. The van der Waals surface area contributed by atoms with Gasteiger partial charge in [0.05, 0.1) is 19.0 Å². The lowest BCUT2D eigenvalue weighted by molar-refractivity contribution is 0.409. The summed E-state index contributed by atoms with van der Waals surface area (Å²) < 4.78 is 6.76. The second-order valence-corrected chi connectivity index (χ2v) is 4.05. The van der Waals surface area contributed by atoms with Crippen molar-refractivity contribution in [1.29, 1.82) is 0 Å². The van der Waals surface area contributed by atoms with Crippen LogP contribution in [0.4, 0.5) is 0 Å². The number of imidazole rings is 1. The average Bonchev–Trinajstić information content (AvgIpc) is 2.81. The molecule has 3 rings (SSSR count). The Morgan fingerprint density at radius 3 is 2.95 bits per heavy atom. The van der Waals surface area contributed by atoms with Crippen molar-refractivity contribution in [3.05, 3.63) is 46.9 Å². The molecule has 0 atom stereocenters. The van der Waals surface area contributed by atoms with Gasteiger partial charge in [0.1, 0.15) is 11.5 Å². The molecule has 0 fully saturated rings. The second-order valence-electron chi connectivity index (χ2n) is 4.05. The van der Waals surface area contributed by atoms with Crippen molar-refractivity contribution in [3.63, 3.8) is 0 Å². The van der Waals surface area contributed by atoms with Crippen molar-refractivity contribution in [2.45, 2.75) is 0 Å². The molecule has 0 aliphatic rings. The number of aromatic amines is 1. The van der Waals surface area contributed by atoms with Gasteiger partial charge in [-0.25, -0.2) is 9.50 Å². The molecule has 6 heteroatoms. The third-order valence-electron chi connectivity index (χ3n) is 2.81. The molecule has 96 valence electrons. The minimum atomic E-state index is -0.200. The minimum Gasteiger partial charge on any atom is -0.508 e. The van der Waals surface area contributed by atoms with E-state index in [9.17, 15) is 9.90 Å². The number of hydrogen-bond acceptors (Lipinski definition) is 4. The summed E-state index contributed by atoms with van der Waals surface area (Å²) in [5, 5.41) is 12.1. The van der Waals surface area contributed by atoms with Crippen LogP contribution in [0, 0.1) is 0 Å². The molecule has 0 saturated carbocycles. The maximum atomic E-state index is 11.2. The SMILES string of the molecule is COc1cc(O)ccc1-c1cn2[nH]c(=O)ccc2n1. The van der Waals surface area contributed by atoms with Gasteiger partial charge in [-0.3, -0.25) is 9.89 Å². The highest BCUT2D eigenvalue weighted by Crippen LogP contribution is 2.32. The highest BCUT2D eigenvalue weighted by Gasteiger charge is 2.10. The predicted octanol–water partition coefficient (Wildman–Crippen LogP) is 1.40. The van der Waals surface area contributed by atoms with Gasteiger partial charge in [-0.15, -0.1) is 0 Å². The van der Waals surface area contributed by atoms with E-state index >= 15 is 0 Å². The van der Waals surface area contributed by atoms with E-state index in [0.29, 0.717) is 17.1 Å². The van der Waals surface area contributed by atoms with Gasteiger partial charge in [-0.1, -0.05) is 0 Å². The molecular weight excluding hydrogens is 246 g/mol. The smallest absolute Gasteiger partial charge is 0.262 e. The van der Waals surface area contributed by atoms with E-state index in [-0.39, 0.29) is 11.3 Å². The van der Waals surface area contributed by atoms with Crippen molar-refractivity contribution < 1.29 is 9.84 Å². The quantitative estimate of drug-likeness (QED) is 0.727. The highest BCUT2D eigenvalue weighted by atomic mass is 16.5. The summed E-state index contributed by atoms with van der Waals surface area (Å²) in [5.74, 6) is 0.642. The van der Waals surface area contributed by atoms with Gasteiger partial charge in [0.15, 0.2) is 5.65 Å². The molecule has 0 radical (unpaired) electrons. The summed E-state index contributed by atoms with van der Waals surface area (Å²) in [6.07, 6.45) is 1.70. The molecule has 3 aromatic rings. The minimum absolute atomic E-state index is 0.123. The van der Waals surface area contributed by atoms with Crippen LogP contribution < -0.4 is 10.3 Å². The number of ether oxygens (including phenoxy) is 1. The summed E-state index contributed by atoms with van der Waals surface area (Å²) in [6, 6.07) is 7.84. The van der Waals surface area contributed by atoms with Crippen molar-refractivity contribution in [1.82, 2.24) is 14.6 Å². The van der Waals surface area contributed by atoms with Crippen LogP contribution in [0.1, 0.15) is 0 Å². The summed E-state index contributed by atoms with van der Waals surface area (Å²) in [7, 11) is 1.52. The van der Waals surface area contributed by atoms with Crippen LogP contribution in [0.25, 0.3) is 16.9 Å².